The van der Waals surface area contributed by atoms with Crippen LogP contribution in [0.1, 0.15) is 71.1 Å². The van der Waals surface area contributed by atoms with Crippen LogP contribution in [0.5, 0.6) is 0 Å². The number of cyclic esters (lactones) is 1. The summed E-state index contributed by atoms with van der Waals surface area (Å²) in [5.74, 6) is 6.21. The van der Waals surface area contributed by atoms with Crippen molar-refractivity contribution in [3.63, 3.8) is 0 Å². The predicted octanol–water partition coefficient (Wildman–Crippen LogP) is 3.96. The molecule has 1 atom stereocenters. The Kier molecular flexibility index (Phi) is 9.28. The van der Waals surface area contributed by atoms with Gasteiger partial charge in [-0.15, -0.1) is 5.92 Å². The van der Waals surface area contributed by atoms with Crippen LogP contribution >= 0.6 is 0 Å². The van der Waals surface area contributed by atoms with Crippen LogP contribution in [-0.2, 0) is 14.3 Å². The molecule has 0 amide bonds. The number of carbonyl (C=O) groups is 2. The molecule has 0 unspecified atom stereocenters. The van der Waals surface area contributed by atoms with Gasteiger partial charge in [0, 0.05) is 25.7 Å². The molecule has 0 aromatic heterocycles. The van der Waals surface area contributed by atoms with Crippen molar-refractivity contribution in [2.24, 2.45) is 0 Å². The van der Waals surface area contributed by atoms with Gasteiger partial charge in [0.25, 0.3) is 0 Å². The topological polar surface area (TPSA) is 43.4 Å². The molecule has 0 aromatic rings. The van der Waals surface area contributed by atoms with Crippen LogP contribution in [0.4, 0.5) is 0 Å². The Labute approximate surface area is 128 Å². The lowest BCUT2D eigenvalue weighted by Gasteiger charge is -2.02. The van der Waals surface area contributed by atoms with Crippen LogP contribution < -0.4 is 0 Å². The second-order valence-corrected chi connectivity index (χ2v) is 5.43. The highest BCUT2D eigenvalue weighted by molar-refractivity contribution is 5.89. The van der Waals surface area contributed by atoms with Gasteiger partial charge in [-0.3, -0.25) is 9.59 Å². The maximum absolute atomic E-state index is 11.5. The summed E-state index contributed by atoms with van der Waals surface area (Å²) >= 11 is 0. The van der Waals surface area contributed by atoms with Gasteiger partial charge in [0.15, 0.2) is 5.78 Å². The monoisotopic (exact) mass is 290 g/mol. The second-order valence-electron chi connectivity index (χ2n) is 5.43. The summed E-state index contributed by atoms with van der Waals surface area (Å²) in [6.45, 7) is 2.17. The molecule has 0 aliphatic carbocycles. The molecule has 1 rings (SSSR count). The van der Waals surface area contributed by atoms with E-state index in [0.29, 0.717) is 19.3 Å². The first-order valence-corrected chi connectivity index (χ1v) is 8.07. The van der Waals surface area contributed by atoms with Crippen molar-refractivity contribution in [3.05, 3.63) is 12.2 Å². The molecule has 21 heavy (non-hydrogen) atoms. The Morgan fingerprint density at radius 1 is 1.33 bits per heavy atom. The molecule has 3 nitrogen and oxygen atoms in total. The van der Waals surface area contributed by atoms with Crippen LogP contribution in [-0.4, -0.2) is 17.9 Å². The van der Waals surface area contributed by atoms with Gasteiger partial charge >= 0.3 is 5.97 Å². The van der Waals surface area contributed by atoms with Gasteiger partial charge in [-0.2, -0.15) is 0 Å². The van der Waals surface area contributed by atoms with Crippen LogP contribution in [0, 0.1) is 11.8 Å². The molecule has 116 valence electrons. The summed E-state index contributed by atoms with van der Waals surface area (Å²) in [5.41, 5.74) is 0. The van der Waals surface area contributed by atoms with E-state index in [4.69, 9.17) is 4.74 Å². The molecule has 1 aliphatic rings. The Hall–Kier alpha value is -1.56. The third-order valence-electron chi connectivity index (χ3n) is 3.44. The third kappa shape index (κ3) is 9.07. The van der Waals surface area contributed by atoms with Gasteiger partial charge in [-0.1, -0.05) is 38.2 Å². The number of esters is 1. The first-order chi connectivity index (χ1) is 10.2. The maximum atomic E-state index is 11.5. The van der Waals surface area contributed by atoms with E-state index >= 15 is 0 Å². The molecular formula is C18H26O3. The van der Waals surface area contributed by atoms with E-state index in [1.165, 1.54) is 12.8 Å². The zero-order valence-electron chi connectivity index (χ0n) is 13.0. The summed E-state index contributed by atoms with van der Waals surface area (Å²) < 4.78 is 5.08. The number of hydrogen-bond donors (Lipinski definition) is 0. The van der Waals surface area contributed by atoms with Gasteiger partial charge in [-0.25, -0.2) is 0 Å². The molecule has 0 radical (unpaired) electrons. The molecule has 0 spiro atoms. The second kappa shape index (κ2) is 11.1. The minimum absolute atomic E-state index is 0.00904. The van der Waals surface area contributed by atoms with Crippen molar-refractivity contribution < 1.29 is 14.3 Å². The van der Waals surface area contributed by atoms with Gasteiger partial charge in [-0.05, 0) is 25.3 Å². The van der Waals surface area contributed by atoms with Crippen molar-refractivity contribution in [3.8, 4) is 11.8 Å². The number of rotatable bonds is 9. The third-order valence-corrected chi connectivity index (χ3v) is 3.44. The summed E-state index contributed by atoms with van der Waals surface area (Å²) in [6.07, 6.45) is 12.3. The molecule has 0 aromatic carbocycles. The van der Waals surface area contributed by atoms with E-state index in [1.807, 2.05) is 6.08 Å². The normalized spacial score (nSPS) is 17.6. The quantitative estimate of drug-likeness (QED) is 0.279. The molecule has 1 aliphatic heterocycles. The molecule has 0 saturated carbocycles. The average Bonchev–Trinajstić information content (AvgIpc) is 2.88. The van der Waals surface area contributed by atoms with Crippen LogP contribution in [0.3, 0.4) is 0 Å². The lowest BCUT2D eigenvalue weighted by atomic mass is 10.1. The van der Waals surface area contributed by atoms with E-state index in [9.17, 15) is 9.59 Å². The molecule has 3 heteroatoms. The van der Waals surface area contributed by atoms with Crippen LogP contribution in [0.2, 0.25) is 0 Å². The minimum atomic E-state index is -0.109. The van der Waals surface area contributed by atoms with Crippen molar-refractivity contribution in [1.29, 1.82) is 0 Å². The van der Waals surface area contributed by atoms with Gasteiger partial charge in [0.1, 0.15) is 6.10 Å². The average molecular weight is 290 g/mol. The first-order valence-electron chi connectivity index (χ1n) is 8.07. The lowest BCUT2D eigenvalue weighted by Crippen LogP contribution is -2.04. The Bertz CT molecular complexity index is 412. The van der Waals surface area contributed by atoms with E-state index < -0.39 is 0 Å². The highest BCUT2D eigenvalue weighted by atomic mass is 16.5. The molecule has 1 heterocycles. The van der Waals surface area contributed by atoms with Crippen molar-refractivity contribution in [2.75, 3.05) is 0 Å². The zero-order chi connectivity index (χ0) is 15.3. The standard InChI is InChI=1S/C18H26O3/c1-2-3-4-8-11-16(19)12-9-6-5-7-10-13-17-14-15-18(20)21-17/h9,12,17H,2-6,8,11,13-15H2,1H3/b12-9+/t17-/m0/s1. The Balaban J connectivity index is 2.01. The molecule has 0 bridgehead atoms. The Morgan fingerprint density at radius 2 is 2.19 bits per heavy atom. The SMILES string of the molecule is CCCCCCC(=O)/C=C/CCC#CC[C@H]1CCC(=O)O1. The maximum Gasteiger partial charge on any atom is 0.306 e. The van der Waals surface area contributed by atoms with Crippen molar-refractivity contribution in [2.45, 2.75) is 77.2 Å². The highest BCUT2D eigenvalue weighted by Crippen LogP contribution is 2.15. The largest absolute Gasteiger partial charge is 0.461 e. The predicted molar refractivity (Wildman–Crippen MR) is 83.6 cm³/mol. The summed E-state index contributed by atoms with van der Waals surface area (Å²) in [4.78, 5) is 22.4. The minimum Gasteiger partial charge on any atom is -0.461 e. The number of allylic oxidation sites excluding steroid dienone is 2. The van der Waals surface area contributed by atoms with E-state index in [2.05, 4.69) is 18.8 Å². The summed E-state index contributed by atoms with van der Waals surface area (Å²) in [7, 11) is 0. The number of hydrogen-bond acceptors (Lipinski definition) is 3. The molecule has 1 saturated heterocycles. The van der Waals surface area contributed by atoms with Gasteiger partial charge < -0.3 is 4.74 Å². The van der Waals surface area contributed by atoms with Crippen molar-refractivity contribution in [1.82, 2.24) is 0 Å². The fourth-order valence-corrected chi connectivity index (χ4v) is 2.18. The number of carbonyl (C=O) groups excluding carboxylic acids is 2. The first kappa shape index (κ1) is 17.5. The van der Waals surface area contributed by atoms with Crippen LogP contribution in [0.15, 0.2) is 12.2 Å². The number of ether oxygens (including phenoxy) is 1. The molecule has 0 N–H and O–H groups in total. The summed E-state index contributed by atoms with van der Waals surface area (Å²) in [6, 6.07) is 0. The number of unbranched alkanes of at least 4 members (excludes halogenated alkanes) is 4. The van der Waals surface area contributed by atoms with Gasteiger partial charge in [0.05, 0.1) is 0 Å². The highest BCUT2D eigenvalue weighted by Gasteiger charge is 2.21. The van der Waals surface area contributed by atoms with E-state index in [-0.39, 0.29) is 17.9 Å². The zero-order valence-corrected chi connectivity index (χ0v) is 13.0. The van der Waals surface area contributed by atoms with Crippen molar-refractivity contribution >= 4 is 11.8 Å². The fraction of sp³-hybridized carbons (Fsp3) is 0.667. The summed E-state index contributed by atoms with van der Waals surface area (Å²) in [5, 5.41) is 0. The van der Waals surface area contributed by atoms with E-state index in [0.717, 1.165) is 32.1 Å². The fourth-order valence-electron chi connectivity index (χ4n) is 2.18. The smallest absolute Gasteiger partial charge is 0.306 e. The van der Waals surface area contributed by atoms with Gasteiger partial charge in [0.2, 0.25) is 0 Å². The van der Waals surface area contributed by atoms with Crippen LogP contribution in [0.25, 0.3) is 0 Å². The van der Waals surface area contributed by atoms with E-state index in [1.54, 1.807) is 6.08 Å². The lowest BCUT2D eigenvalue weighted by molar-refractivity contribution is -0.141. The number of ketones is 1. The molecule has 1 fully saturated rings. The Morgan fingerprint density at radius 3 is 2.90 bits per heavy atom. The molecular weight excluding hydrogens is 264 g/mol.